The highest BCUT2D eigenvalue weighted by Crippen LogP contribution is 2.42. The van der Waals surface area contributed by atoms with Crippen molar-refractivity contribution in [1.29, 1.82) is 0 Å². The van der Waals surface area contributed by atoms with Crippen molar-refractivity contribution in [2.75, 3.05) is 41.5 Å². The molecule has 222 valence electrons. The fraction of sp³-hybridized carbons (Fsp3) is 0.483. The summed E-state index contributed by atoms with van der Waals surface area (Å²) in [5.41, 5.74) is 2.53. The molecular formula is C29H36N8O5. The zero-order valence-electron chi connectivity index (χ0n) is 24.1. The number of hydrogen-bond acceptors (Lipinski definition) is 9. The first-order valence-corrected chi connectivity index (χ1v) is 14.2. The number of aliphatic hydroxyl groups is 1. The molecule has 0 radical (unpaired) electrons. The molecule has 1 fully saturated rings. The van der Waals surface area contributed by atoms with E-state index in [0.29, 0.717) is 63.1 Å². The van der Waals surface area contributed by atoms with E-state index in [1.165, 1.54) is 0 Å². The molecule has 0 saturated carbocycles. The number of amides is 3. The number of benzene rings is 1. The molecule has 3 aromatic rings. The zero-order chi connectivity index (χ0) is 29.4. The predicted molar refractivity (Wildman–Crippen MR) is 155 cm³/mol. The van der Waals surface area contributed by atoms with E-state index in [4.69, 9.17) is 14.5 Å². The van der Waals surface area contributed by atoms with Crippen LogP contribution >= 0.6 is 0 Å². The molecule has 0 aliphatic carbocycles. The summed E-state index contributed by atoms with van der Waals surface area (Å²) in [6.45, 7) is 7.66. The number of nitrogens with zero attached hydrogens (tertiary/aromatic N) is 7. The molecule has 13 nitrogen and oxygen atoms in total. The van der Waals surface area contributed by atoms with Gasteiger partial charge in [0.05, 0.1) is 56.0 Å². The predicted octanol–water partition coefficient (Wildman–Crippen LogP) is 3.83. The number of nitrogens with one attached hydrogen (secondary N) is 1. The Morgan fingerprint density at radius 1 is 1.21 bits per heavy atom. The van der Waals surface area contributed by atoms with Crippen LogP contribution in [-0.2, 0) is 22.6 Å². The summed E-state index contributed by atoms with van der Waals surface area (Å²) in [5, 5.41) is 16.5. The Kier molecular flexibility index (Phi) is 7.45. The van der Waals surface area contributed by atoms with E-state index in [1.807, 2.05) is 49.9 Å². The third-order valence-electron chi connectivity index (χ3n) is 7.55. The summed E-state index contributed by atoms with van der Waals surface area (Å²) >= 11 is 0. The van der Waals surface area contributed by atoms with Crippen molar-refractivity contribution in [3.05, 3.63) is 54.0 Å². The molecule has 6 rings (SSSR count). The van der Waals surface area contributed by atoms with Gasteiger partial charge in [0.25, 0.3) is 0 Å². The number of anilines is 4. The lowest BCUT2D eigenvalue weighted by molar-refractivity contribution is 0.0572. The fourth-order valence-corrected chi connectivity index (χ4v) is 5.71. The molecule has 2 aromatic heterocycles. The summed E-state index contributed by atoms with van der Waals surface area (Å²) < 4.78 is 13.0. The minimum absolute atomic E-state index is 0.0159. The topological polar surface area (TPSA) is 138 Å². The van der Waals surface area contributed by atoms with Crippen LogP contribution in [0.5, 0.6) is 0 Å². The molecule has 0 bridgehead atoms. The Morgan fingerprint density at radius 2 is 2.05 bits per heavy atom. The second-order valence-corrected chi connectivity index (χ2v) is 11.7. The van der Waals surface area contributed by atoms with Gasteiger partial charge in [-0.15, -0.1) is 0 Å². The maximum absolute atomic E-state index is 14.3. The van der Waals surface area contributed by atoms with Crippen molar-refractivity contribution in [3.63, 3.8) is 0 Å². The van der Waals surface area contributed by atoms with Crippen LogP contribution in [0.2, 0.25) is 0 Å². The zero-order valence-corrected chi connectivity index (χ0v) is 24.1. The van der Waals surface area contributed by atoms with Crippen LogP contribution in [0.3, 0.4) is 0 Å². The highest BCUT2D eigenvalue weighted by atomic mass is 16.6. The number of aromatic nitrogens is 4. The van der Waals surface area contributed by atoms with Crippen LogP contribution < -0.4 is 15.1 Å². The molecule has 2 N–H and O–H groups in total. The molecule has 3 amide bonds. The maximum atomic E-state index is 14.3. The van der Waals surface area contributed by atoms with Crippen LogP contribution in [0.1, 0.15) is 50.8 Å². The summed E-state index contributed by atoms with van der Waals surface area (Å²) in [6.07, 6.45) is 6.01. The van der Waals surface area contributed by atoms with E-state index in [1.54, 1.807) is 33.1 Å². The van der Waals surface area contributed by atoms with Crippen LogP contribution in [0.15, 0.2) is 42.9 Å². The van der Waals surface area contributed by atoms with Gasteiger partial charge in [0.15, 0.2) is 0 Å². The lowest BCUT2D eigenvalue weighted by Crippen LogP contribution is -2.54. The van der Waals surface area contributed by atoms with E-state index in [9.17, 15) is 14.7 Å². The van der Waals surface area contributed by atoms with Crippen LogP contribution in [0.4, 0.5) is 32.7 Å². The van der Waals surface area contributed by atoms with Crippen LogP contribution in [-0.4, -0.2) is 79.9 Å². The summed E-state index contributed by atoms with van der Waals surface area (Å²) in [7, 11) is 0. The second kappa shape index (κ2) is 11.2. The van der Waals surface area contributed by atoms with E-state index in [0.717, 1.165) is 16.8 Å². The number of urea groups is 1. The van der Waals surface area contributed by atoms with Crippen molar-refractivity contribution in [2.45, 2.75) is 64.4 Å². The number of rotatable bonds is 6. The number of fused-ring (bicyclic) bond motifs is 2. The normalized spacial score (nSPS) is 20.4. The highest BCUT2D eigenvalue weighted by Gasteiger charge is 2.43. The molecule has 3 aliphatic heterocycles. The summed E-state index contributed by atoms with van der Waals surface area (Å²) in [4.78, 5) is 42.0. The first kappa shape index (κ1) is 27.9. The van der Waals surface area contributed by atoms with Gasteiger partial charge in [0.2, 0.25) is 5.95 Å². The van der Waals surface area contributed by atoms with Gasteiger partial charge in [-0.1, -0.05) is 18.2 Å². The van der Waals surface area contributed by atoms with E-state index in [-0.39, 0.29) is 24.7 Å². The summed E-state index contributed by atoms with van der Waals surface area (Å²) in [6, 6.07) is 7.14. The summed E-state index contributed by atoms with van der Waals surface area (Å²) in [5.74, 6) is 0.907. The number of aliphatic hydroxyl groups excluding tert-OH is 1. The Balaban J connectivity index is 1.31. The van der Waals surface area contributed by atoms with Crippen LogP contribution in [0.25, 0.3) is 0 Å². The van der Waals surface area contributed by atoms with E-state index in [2.05, 4.69) is 15.4 Å². The Bertz CT molecular complexity index is 1460. The first-order valence-electron chi connectivity index (χ1n) is 14.2. The number of ether oxygens (including phenoxy) is 2. The van der Waals surface area contributed by atoms with Gasteiger partial charge in [-0.3, -0.25) is 14.5 Å². The molecule has 3 aliphatic rings. The van der Waals surface area contributed by atoms with Crippen molar-refractivity contribution in [3.8, 4) is 0 Å². The first-order chi connectivity index (χ1) is 20.2. The third kappa shape index (κ3) is 5.49. The average Bonchev–Trinajstić information content (AvgIpc) is 3.64. The minimum Gasteiger partial charge on any atom is -0.443 e. The van der Waals surface area contributed by atoms with E-state index >= 15 is 0 Å². The molecule has 0 spiro atoms. The van der Waals surface area contributed by atoms with Crippen LogP contribution in [0, 0.1) is 0 Å². The molecule has 42 heavy (non-hydrogen) atoms. The molecule has 13 heteroatoms. The van der Waals surface area contributed by atoms with Crippen molar-refractivity contribution in [2.24, 2.45) is 0 Å². The van der Waals surface area contributed by atoms with E-state index < -0.39 is 11.7 Å². The van der Waals surface area contributed by atoms with Gasteiger partial charge in [-0.25, -0.2) is 14.6 Å². The van der Waals surface area contributed by atoms with Gasteiger partial charge >= 0.3 is 12.1 Å². The maximum Gasteiger partial charge on any atom is 0.414 e. The fourth-order valence-electron chi connectivity index (χ4n) is 5.71. The molecule has 2 atom stereocenters. The molecule has 1 aromatic carbocycles. The lowest BCUT2D eigenvalue weighted by atomic mass is 9.94. The smallest absolute Gasteiger partial charge is 0.414 e. The van der Waals surface area contributed by atoms with Gasteiger partial charge in [-0.05, 0) is 45.2 Å². The molecule has 5 heterocycles. The quantitative estimate of drug-likeness (QED) is 0.448. The lowest BCUT2D eigenvalue weighted by Gasteiger charge is -2.45. The number of carbonyl (C=O) groups excluding carboxylic acids is 2. The Labute approximate surface area is 244 Å². The monoisotopic (exact) mass is 576 g/mol. The Morgan fingerprint density at radius 3 is 2.81 bits per heavy atom. The largest absolute Gasteiger partial charge is 0.443 e. The van der Waals surface area contributed by atoms with Crippen molar-refractivity contribution < 1.29 is 24.2 Å². The van der Waals surface area contributed by atoms with Crippen molar-refractivity contribution >= 4 is 35.3 Å². The highest BCUT2D eigenvalue weighted by molar-refractivity contribution is 5.96. The van der Waals surface area contributed by atoms with Gasteiger partial charge < -0.3 is 24.8 Å². The number of carbonyl (C=O) groups is 2. The standard InChI is InChI=1S/C29H36N8O5/c1-29(2,3)42-28(40)35-10-8-24(22-6-4-5-7-23(22)35)36-16-19-14-30-26(32-20-15-31-34(17-20)11-12-38)33-25(19)37(27(36)39)21-9-13-41-18-21/h4-7,14-15,17,21,24,38H,8-13,16,18H2,1-3H3,(H,30,32,33)/t21?,24-/m1/s1. The van der Waals surface area contributed by atoms with Gasteiger partial charge in [0, 0.05) is 31.1 Å². The third-order valence-corrected chi connectivity index (χ3v) is 7.55. The van der Waals surface area contributed by atoms with Gasteiger partial charge in [-0.2, -0.15) is 10.1 Å². The Hall–Kier alpha value is -4.23. The average molecular weight is 577 g/mol. The number of hydrogen-bond donors (Lipinski definition) is 2. The molecule has 1 unspecified atom stereocenters. The van der Waals surface area contributed by atoms with Gasteiger partial charge in [0.1, 0.15) is 11.4 Å². The van der Waals surface area contributed by atoms with Crippen molar-refractivity contribution in [1.82, 2.24) is 24.6 Å². The SMILES string of the molecule is CC(C)(C)OC(=O)N1CC[C@@H](N2Cc3cnc(Nc4cnn(CCO)c4)nc3N(C3CCOC3)C2=O)c2ccccc21. The molecular weight excluding hydrogens is 540 g/mol. The number of para-hydroxylation sites is 1. The second-order valence-electron chi connectivity index (χ2n) is 11.7. The molecule has 1 saturated heterocycles. The minimum atomic E-state index is -0.618.